The van der Waals surface area contributed by atoms with E-state index >= 15 is 0 Å². The number of rotatable bonds is 13. The first-order chi connectivity index (χ1) is 39.4. The molecule has 0 aromatic heterocycles. The fraction of sp³-hybridized carbons (Fsp3) is 0.333. The first-order valence-electron chi connectivity index (χ1n) is 26.1. The first kappa shape index (κ1) is 72.3. The van der Waals surface area contributed by atoms with Crippen molar-refractivity contribution in [3.05, 3.63) is 203 Å². The molecule has 0 saturated carbocycles. The Kier molecular flexibility index (Phi) is 33.9. The number of nitrogens with one attached hydrogen (secondary N) is 1. The van der Waals surface area contributed by atoms with Crippen LogP contribution in [0, 0.1) is 0 Å². The van der Waals surface area contributed by atoms with Gasteiger partial charge >= 0.3 is 31.8 Å². The lowest BCUT2D eigenvalue weighted by atomic mass is 9.94. The van der Waals surface area contributed by atoms with Crippen molar-refractivity contribution in [3.63, 3.8) is 0 Å². The van der Waals surface area contributed by atoms with Crippen molar-refractivity contribution in [2.24, 2.45) is 5.73 Å². The summed E-state index contributed by atoms with van der Waals surface area (Å²) in [6, 6.07) is 57.6. The Bertz CT molecular complexity index is 2770. The van der Waals surface area contributed by atoms with E-state index in [9.17, 15) is 62.7 Å². The number of ether oxygens (including phenoxy) is 2. The van der Waals surface area contributed by atoms with Crippen molar-refractivity contribution in [1.29, 1.82) is 0 Å². The van der Waals surface area contributed by atoms with Gasteiger partial charge in [-0.1, -0.05) is 146 Å². The number of thioether (sulfide) groups is 1. The van der Waals surface area contributed by atoms with Gasteiger partial charge in [0.15, 0.2) is 0 Å². The maximum absolute atomic E-state index is 12.2. The number of halogens is 9. The maximum atomic E-state index is 12.2. The van der Waals surface area contributed by atoms with E-state index in [4.69, 9.17) is 10.5 Å². The third-order valence-corrected chi connectivity index (χ3v) is 14.6. The number of carbonyl (C=O) groups is 4. The highest BCUT2D eigenvalue weighted by Crippen LogP contribution is 2.43. The largest absolute Gasteiger partial charge is 0.762 e. The molecule has 2 aliphatic rings. The molecular weight excluding hydrogens is 1130 g/mol. The van der Waals surface area contributed by atoms with Crippen LogP contribution in [0.5, 0.6) is 0 Å². The highest BCUT2D eigenvalue weighted by molar-refractivity contribution is 7.99. The van der Waals surface area contributed by atoms with Gasteiger partial charge in [0, 0.05) is 53.9 Å². The van der Waals surface area contributed by atoms with Gasteiger partial charge in [0.05, 0.1) is 28.1 Å². The van der Waals surface area contributed by atoms with Crippen LogP contribution in [0.2, 0.25) is 0 Å². The topological polar surface area (TPSA) is 148 Å². The molecule has 8 rings (SSSR count). The fourth-order valence-corrected chi connectivity index (χ4v) is 10.0. The predicted molar refractivity (Wildman–Crippen MR) is 308 cm³/mol. The fourth-order valence-electron chi connectivity index (χ4n) is 7.73. The van der Waals surface area contributed by atoms with Crippen LogP contribution < -0.4 is 11.1 Å². The number of fused-ring (bicyclic) bond motifs is 2. The zero-order valence-corrected chi connectivity index (χ0v) is 48.4. The van der Waals surface area contributed by atoms with Crippen LogP contribution in [-0.4, -0.2) is 97.3 Å². The quantitative estimate of drug-likeness (QED) is 0.0376. The summed E-state index contributed by atoms with van der Waals surface area (Å²) in [4.78, 5) is 47.5. The van der Waals surface area contributed by atoms with E-state index in [-0.39, 0.29) is 18.1 Å². The summed E-state index contributed by atoms with van der Waals surface area (Å²) in [6.07, 6.45) is -8.26. The Labute approximate surface area is 487 Å². The van der Waals surface area contributed by atoms with E-state index in [1.807, 2.05) is 147 Å². The van der Waals surface area contributed by atoms with Crippen molar-refractivity contribution in [2.75, 3.05) is 38.6 Å². The Balaban J connectivity index is 0.000000351. The second kappa shape index (κ2) is 38.9. The maximum Gasteiger partial charge on any atom is 0.762 e. The van der Waals surface area contributed by atoms with Crippen LogP contribution in [0.25, 0.3) is 0 Å². The van der Waals surface area contributed by atoms with Crippen LogP contribution in [0.15, 0.2) is 180 Å². The van der Waals surface area contributed by atoms with Crippen molar-refractivity contribution in [1.82, 2.24) is 15.1 Å². The number of amides is 2. The average molecular weight is 1210 g/mol. The average Bonchev–Trinajstić information content (AvgIpc) is 3.65. The van der Waals surface area contributed by atoms with E-state index < -0.39 is 42.6 Å². The molecule has 2 amide bonds. The van der Waals surface area contributed by atoms with E-state index in [0.717, 1.165) is 49.6 Å². The van der Waals surface area contributed by atoms with Gasteiger partial charge < -0.3 is 30.3 Å². The summed E-state index contributed by atoms with van der Waals surface area (Å²) < 4.78 is 116. The lowest BCUT2D eigenvalue weighted by Crippen LogP contribution is -2.34. The molecule has 23 heteroatoms. The molecule has 2 heterocycles. The molecule has 0 fully saturated rings. The van der Waals surface area contributed by atoms with Crippen LogP contribution in [0.4, 0.5) is 39.3 Å². The summed E-state index contributed by atoms with van der Waals surface area (Å²) in [5.74, 6) is -5.95. The zero-order valence-electron chi connectivity index (χ0n) is 46.8. The standard InChI is InChI=1S/C17H19NO2S.C17H17NOS.C10H13N.C8H11N.C4F6O3.C4H10O.BF3/c1-15(16-8-4-2-5-9-16)18(14-19)12-13-21(20)17-10-6-3-7-11-17;1-13-15-9-5-6-10-16(15)17(11-18(13)12-19)20-14-7-3-2-4-8-14;1-8-10-5-3-2-4-9(10)6-7-11-8;1-7(9)8-5-3-2-4-6-8;5-3(6,7)1(11)13-2(12)4(8,9)10;1-3-5-4-2;2-1(3)4/h2-11,14-15H,12-13H2,1H3;2-10,12-13,17H,11H2,1H3;2-5,8,11H,6-7H2,1H3;2-7H,9H2,1H3;;3-4H2,1-2H3;/t15-,21?;13-,17?;8-;7-;;;/m1111.../s1. The SMILES string of the molecule is CCOCC.C[C@@H](N)c1ccccc1.C[C@@H]1c2ccccc2C(Sc2ccccc2)CN1C=O.C[C@H](c1ccccc1)N(C=O)CCS(=O)c1ccccc1.C[C@H]1NCCc2ccccc21.FB(F)F.O=C(OC(=O)C(F)(F)F)C(F)(F)F. The normalized spacial score (nSPS) is 15.8. The number of nitrogens with two attached hydrogens (primary N) is 1. The molecule has 2 aliphatic heterocycles. The lowest BCUT2D eigenvalue weighted by molar-refractivity contribution is -0.221. The van der Waals surface area contributed by atoms with Gasteiger partial charge in [0.1, 0.15) is 0 Å². The molecule has 6 atom stereocenters. The first-order valence-corrected chi connectivity index (χ1v) is 28.3. The second-order valence-electron chi connectivity index (χ2n) is 17.8. The summed E-state index contributed by atoms with van der Waals surface area (Å²) in [5.41, 5.74) is 13.5. The minimum absolute atomic E-state index is 0.0172. The Morgan fingerprint density at radius 2 is 1.16 bits per heavy atom. The molecule has 3 N–H and O–H groups in total. The van der Waals surface area contributed by atoms with Crippen LogP contribution in [-0.2, 0) is 45.9 Å². The number of nitrogens with zero attached hydrogens (tertiary/aromatic N) is 2. The second-order valence-corrected chi connectivity index (χ2v) is 20.7. The van der Waals surface area contributed by atoms with Crippen molar-refractivity contribution >= 4 is 54.9 Å². The van der Waals surface area contributed by atoms with E-state index in [1.54, 1.807) is 4.90 Å². The number of esters is 2. The van der Waals surface area contributed by atoms with E-state index in [1.165, 1.54) is 39.1 Å². The Morgan fingerprint density at radius 1 is 0.711 bits per heavy atom. The number of hydrogen-bond donors (Lipinski definition) is 2. The monoisotopic (exact) mass is 1200 g/mol. The molecule has 2 unspecified atom stereocenters. The molecule has 6 aromatic rings. The molecule has 450 valence electrons. The molecule has 83 heavy (non-hydrogen) atoms. The zero-order chi connectivity index (χ0) is 62.0. The number of benzene rings is 6. The predicted octanol–water partition coefficient (Wildman–Crippen LogP) is 13.8. The minimum Gasteiger partial charge on any atom is -0.382 e. The highest BCUT2D eigenvalue weighted by Gasteiger charge is 2.49. The summed E-state index contributed by atoms with van der Waals surface area (Å²) >= 11 is 1.83. The van der Waals surface area contributed by atoms with Crippen LogP contribution in [0.3, 0.4) is 0 Å². The molecule has 0 spiro atoms. The summed E-state index contributed by atoms with van der Waals surface area (Å²) in [5, 5.41) is 3.74. The summed E-state index contributed by atoms with van der Waals surface area (Å²) in [6.45, 7) is 16.3. The molecule has 0 bridgehead atoms. The summed E-state index contributed by atoms with van der Waals surface area (Å²) in [7, 11) is -4.75. The van der Waals surface area contributed by atoms with Gasteiger partial charge in [-0.3, -0.25) is 26.7 Å². The van der Waals surface area contributed by atoms with Crippen molar-refractivity contribution < 1.29 is 72.2 Å². The van der Waals surface area contributed by atoms with Gasteiger partial charge in [0.2, 0.25) is 12.8 Å². The van der Waals surface area contributed by atoms with E-state index in [0.29, 0.717) is 23.6 Å². The van der Waals surface area contributed by atoms with Gasteiger partial charge in [-0.2, -0.15) is 26.3 Å². The van der Waals surface area contributed by atoms with Crippen molar-refractivity contribution in [3.8, 4) is 0 Å². The Hall–Kier alpha value is -6.79. The highest BCUT2D eigenvalue weighted by atomic mass is 32.2. The van der Waals surface area contributed by atoms with Crippen molar-refractivity contribution in [2.45, 2.75) is 99.5 Å². The smallest absolute Gasteiger partial charge is 0.382 e. The minimum atomic E-state index is -5.62. The molecule has 0 radical (unpaired) electrons. The lowest BCUT2D eigenvalue weighted by Gasteiger charge is -2.37. The third kappa shape index (κ3) is 27.9. The number of carbonyl (C=O) groups excluding carboxylic acids is 4. The van der Waals surface area contributed by atoms with Gasteiger partial charge in [-0.25, -0.2) is 9.59 Å². The molecule has 0 saturated heterocycles. The van der Waals surface area contributed by atoms with E-state index in [2.05, 4.69) is 90.6 Å². The third-order valence-electron chi connectivity index (χ3n) is 12.0. The molecule has 0 aliphatic carbocycles. The van der Waals surface area contributed by atoms with Gasteiger partial charge in [-0.15, -0.1) is 11.8 Å². The number of alkyl halides is 6. The van der Waals surface area contributed by atoms with Crippen LogP contribution >= 0.6 is 11.8 Å². The molecular formula is C60H70BF9N4O7S2. The van der Waals surface area contributed by atoms with Gasteiger partial charge in [-0.05, 0) is 112 Å². The molecule has 11 nitrogen and oxygen atoms in total. The van der Waals surface area contributed by atoms with Gasteiger partial charge in [0.25, 0.3) is 0 Å². The van der Waals surface area contributed by atoms with Crippen LogP contribution in [0.1, 0.15) is 104 Å². The molecule has 6 aromatic carbocycles. The number of hydrogen-bond acceptors (Lipinski definition) is 10. The Morgan fingerprint density at radius 3 is 1.59 bits per heavy atom.